The number of benzene rings is 17. The highest BCUT2D eigenvalue weighted by molar-refractivity contribution is 7.18. The molecule has 0 N–H and O–H groups in total. The number of hydrogen-bond donors (Lipinski definition) is 0. The Morgan fingerprint density at radius 1 is 0.167 bits per heavy atom. The highest BCUT2D eigenvalue weighted by Crippen LogP contribution is 2.29. The summed E-state index contributed by atoms with van der Waals surface area (Å²) in [4.78, 5) is 0. The Kier molecular flexibility index (Phi) is 41.1. The molecule has 138 heavy (non-hydrogen) atoms. The van der Waals surface area contributed by atoms with Crippen molar-refractivity contribution in [2.45, 2.75) is 83.6 Å². The lowest BCUT2D eigenvalue weighted by Gasteiger charge is -2.41. The highest BCUT2D eigenvalue weighted by atomic mass is 28.4. The first-order valence-corrected chi connectivity index (χ1v) is 64.7. The van der Waals surface area contributed by atoms with Crippen LogP contribution < -0.4 is 88.2 Å². The molecule has 0 unspecified atom stereocenters. The van der Waals surface area contributed by atoms with Gasteiger partial charge in [0.25, 0.3) is 25.0 Å². The maximum absolute atomic E-state index is 8.11. The summed E-state index contributed by atoms with van der Waals surface area (Å²) < 4.78 is 42.3. The number of hydrogen-bond acceptors (Lipinski definition) is 6. The summed E-state index contributed by atoms with van der Waals surface area (Å²) in [6.45, 7) is 8.72. The van der Waals surface area contributed by atoms with Crippen LogP contribution >= 0.6 is 0 Å². The van der Waals surface area contributed by atoms with E-state index in [1.807, 2.05) is 14.2 Å². The molecule has 0 saturated carbocycles. The fourth-order valence-corrected chi connectivity index (χ4v) is 59.0. The van der Waals surface area contributed by atoms with E-state index in [0.29, 0.717) is 0 Å². The molecule has 0 aromatic heterocycles. The minimum atomic E-state index is -3.33. The Bertz CT molecular complexity index is 5930. The average molecular weight is 1970 g/mol. The van der Waals surface area contributed by atoms with Crippen molar-refractivity contribution in [2.24, 2.45) is 0 Å². The van der Waals surface area contributed by atoms with Gasteiger partial charge in [-0.15, -0.1) is 0 Å². The van der Waals surface area contributed by atoms with E-state index in [4.69, 9.17) is 25.6 Å². The molecule has 0 atom stereocenters. The van der Waals surface area contributed by atoms with Gasteiger partial charge in [-0.2, -0.15) is 0 Å². The van der Waals surface area contributed by atoms with Crippen molar-refractivity contribution in [3.8, 4) is 0 Å². The van der Waals surface area contributed by atoms with E-state index in [2.05, 4.69) is 577 Å². The third-order valence-corrected chi connectivity index (χ3v) is 63.9. The minimum Gasteiger partial charge on any atom is -0.425 e. The zero-order valence-corrected chi connectivity index (χ0v) is 85.4. The summed E-state index contributed by atoms with van der Waals surface area (Å²) in [6, 6.07) is 187. The molecule has 0 radical (unpaired) electrons. The second-order valence-corrected chi connectivity index (χ2v) is 65.4. The molecule has 0 aliphatic heterocycles. The molecule has 0 amide bonds. The Morgan fingerprint density at radius 2 is 0.312 bits per heavy atom. The molecule has 6 nitrogen and oxygen atoms in total. The summed E-state index contributed by atoms with van der Waals surface area (Å²) >= 11 is 0. The molecule has 0 bridgehead atoms. The van der Waals surface area contributed by atoms with Crippen molar-refractivity contribution in [1.82, 2.24) is 0 Å². The Balaban J connectivity index is 0.000000228. The second-order valence-electron chi connectivity index (χ2n) is 33.4. The van der Waals surface area contributed by atoms with Crippen LogP contribution in [-0.4, -0.2) is 96.2 Å². The van der Waals surface area contributed by atoms with Gasteiger partial charge in [-0.25, -0.2) is 0 Å². The lowest BCUT2D eigenvalue weighted by atomic mass is 10.3. The van der Waals surface area contributed by atoms with Crippen LogP contribution in [-0.2, 0) is 25.6 Å². The summed E-state index contributed by atoms with van der Waals surface area (Å²) in [5, 5.41) is 21.4. The van der Waals surface area contributed by atoms with E-state index < -0.39 is 74.9 Å². The summed E-state index contributed by atoms with van der Waals surface area (Å²) in [5.74, 6) is 0. The topological polar surface area (TPSA) is 55.4 Å². The monoisotopic (exact) mass is 1960 g/mol. The molecule has 0 spiro atoms. The van der Waals surface area contributed by atoms with Gasteiger partial charge < -0.3 is 25.6 Å². The van der Waals surface area contributed by atoms with Crippen molar-refractivity contribution in [1.29, 1.82) is 0 Å². The van der Waals surface area contributed by atoms with Crippen molar-refractivity contribution in [3.63, 3.8) is 0 Å². The van der Waals surface area contributed by atoms with Crippen LogP contribution in [0.1, 0.15) is 58.4 Å². The fourth-order valence-electron chi connectivity index (χ4n) is 18.6. The van der Waals surface area contributed by atoms with E-state index in [0.717, 1.165) is 22.5 Å². The lowest BCUT2D eigenvalue weighted by Crippen LogP contribution is -2.74. The molecule has 0 aliphatic rings. The third-order valence-electron chi connectivity index (χ3n) is 25.6. The molecule has 0 saturated heterocycles. The van der Waals surface area contributed by atoms with Crippen LogP contribution in [0.15, 0.2) is 550 Å². The smallest absolute Gasteiger partial charge is 0.397 e. The van der Waals surface area contributed by atoms with E-state index in [9.17, 15) is 0 Å². The fraction of sp³-hybridized carbons (Fsp3) is 0.122. The first-order chi connectivity index (χ1) is 64.8. The van der Waals surface area contributed by atoms with E-state index in [-0.39, 0.29) is 44.6 Å². The van der Waals surface area contributed by atoms with Crippen LogP contribution in [0.5, 0.6) is 0 Å². The van der Waals surface area contributed by atoms with Crippen LogP contribution in [0.2, 0.25) is 25.2 Å². The standard InChI is InChI=1S/C45H40O2Si3.C37H40O2Si3.C35H36O2Si3.6CH4/c1-46-50(44-33-19-7-20-34-44,45-35-21-8-22-36-45)47-49(42-29-15-5-16-30-42,43-31-17-6-18-32-43)38-37-48(39-23-9-2-10-24-39,40-25-11-3-12-26-40)41-27-13-4-14-28-41;1-4-40(5-2,38-3)39-42(36-27-17-9-18-28-36,37-29-19-10-20-30-37)32-31-41(33-21-11-6-12-22-33,34-23-13-7-14-24-34)35-25-15-8-16-26-35;1-36-38(2,3)37-40(34-25-15-7-16-26-34,35-27-17-8-18-28-35)30-29-39(31-19-9-4-10-20-31,32-21-11-5-12-22-32)33-23-13-6-14-24-33;;;;;;/h2-38H,1H3;6-32H,4-5H2,1-3H3;4-30H,1-3H3;6*1H4. The summed E-state index contributed by atoms with van der Waals surface area (Å²) in [6.07, 6.45) is 0. The molecule has 17 aromatic carbocycles. The minimum absolute atomic E-state index is 0. The van der Waals surface area contributed by atoms with Gasteiger partial charge in [0.05, 0.1) is 0 Å². The van der Waals surface area contributed by atoms with Crippen LogP contribution in [0.3, 0.4) is 0 Å². The predicted octanol–water partition coefficient (Wildman–Crippen LogP) is 19.9. The molecule has 15 heteroatoms. The Hall–Kier alpha value is -12.3. The Morgan fingerprint density at radius 3 is 0.457 bits per heavy atom. The van der Waals surface area contributed by atoms with Gasteiger partial charge in [-0.05, 0) is 113 Å². The maximum atomic E-state index is 8.11. The van der Waals surface area contributed by atoms with Crippen molar-refractivity contribution < 1.29 is 25.6 Å². The third kappa shape index (κ3) is 23.8. The van der Waals surface area contributed by atoms with Crippen molar-refractivity contribution in [3.05, 3.63) is 550 Å². The molecule has 0 fully saturated rings. The SMILES string of the molecule is C.C.C.C.C.C.CC[Si](CC)(OC)O[Si](C=C[Si](c1ccccc1)(c1ccccc1)c1ccccc1)(c1ccccc1)c1ccccc1.CO[Si](C)(C)O[Si](C=C[Si](c1ccccc1)(c1ccccc1)c1ccccc1)(c1ccccc1)c1ccccc1.CO[Si](O[Si](C=C[Si](c1ccccc1)(c1ccccc1)c1ccccc1)(c1ccccc1)c1ccccc1)(c1ccccc1)c1ccccc1. The van der Waals surface area contributed by atoms with Crippen molar-refractivity contribution >= 4 is 163 Å². The van der Waals surface area contributed by atoms with Gasteiger partial charge in [0.15, 0.2) is 24.2 Å². The first kappa shape index (κ1) is 109. The van der Waals surface area contributed by atoms with E-state index >= 15 is 0 Å². The second kappa shape index (κ2) is 51.9. The molecular weight excluding hydrogens is 1830 g/mol. The normalized spacial score (nSPS) is 11.8. The van der Waals surface area contributed by atoms with Gasteiger partial charge in [-0.1, -0.05) is 608 Å². The lowest BCUT2D eigenvalue weighted by molar-refractivity contribution is 0.301. The van der Waals surface area contributed by atoms with Gasteiger partial charge in [0.1, 0.15) is 0 Å². The van der Waals surface area contributed by atoms with Gasteiger partial charge in [0.2, 0.25) is 0 Å². The Labute approximate surface area is 836 Å². The maximum Gasteiger partial charge on any atom is 0.397 e. The largest absolute Gasteiger partial charge is 0.425 e. The van der Waals surface area contributed by atoms with Crippen LogP contribution in [0.4, 0.5) is 0 Å². The first-order valence-electron chi connectivity index (χ1n) is 45.6. The predicted molar refractivity (Wildman–Crippen MR) is 620 cm³/mol. The molecule has 0 heterocycles. The molecule has 17 aromatic rings. The van der Waals surface area contributed by atoms with Crippen LogP contribution in [0.25, 0.3) is 0 Å². The van der Waals surface area contributed by atoms with Gasteiger partial charge in [0, 0.05) is 21.3 Å². The zero-order valence-electron chi connectivity index (χ0n) is 76.4. The molecule has 704 valence electrons. The summed E-state index contributed by atoms with van der Waals surface area (Å²) in [7, 11) is -20.2. The number of rotatable bonds is 34. The van der Waals surface area contributed by atoms with E-state index in [1.165, 1.54) is 77.8 Å². The van der Waals surface area contributed by atoms with Crippen molar-refractivity contribution in [2.75, 3.05) is 21.3 Å². The van der Waals surface area contributed by atoms with E-state index in [1.54, 1.807) is 7.11 Å². The average Bonchev–Trinajstić information content (AvgIpc) is 0.734. The summed E-state index contributed by atoms with van der Waals surface area (Å²) in [5.41, 5.74) is 15.1. The van der Waals surface area contributed by atoms with Gasteiger partial charge in [-0.3, -0.25) is 0 Å². The highest BCUT2D eigenvalue weighted by Gasteiger charge is 2.54. The zero-order chi connectivity index (χ0) is 91.3. The van der Waals surface area contributed by atoms with Crippen LogP contribution in [0, 0.1) is 0 Å². The van der Waals surface area contributed by atoms with Gasteiger partial charge >= 0.3 is 25.7 Å². The molecule has 17 rings (SSSR count). The molecular formula is C123H140O6Si9. The quantitative estimate of drug-likeness (QED) is 0.0296. The molecule has 0 aliphatic carbocycles.